The molecule has 28 heavy (non-hydrogen) atoms. The molecule has 2 heterocycles. The molecule has 0 aromatic heterocycles. The fraction of sp³-hybridized carbons (Fsp3) is 0.250. The summed E-state index contributed by atoms with van der Waals surface area (Å²) in [7, 11) is 0. The highest BCUT2D eigenvalue weighted by molar-refractivity contribution is 6.30. The summed E-state index contributed by atoms with van der Waals surface area (Å²) < 4.78 is 0. The molecule has 0 aliphatic carbocycles. The highest BCUT2D eigenvalue weighted by Gasteiger charge is 2.35. The Balaban J connectivity index is 1.40. The van der Waals surface area contributed by atoms with E-state index in [1.807, 2.05) is 12.1 Å². The quantitative estimate of drug-likeness (QED) is 0.860. The lowest BCUT2D eigenvalue weighted by Gasteiger charge is -2.20. The van der Waals surface area contributed by atoms with Crippen molar-refractivity contribution in [3.8, 4) is 0 Å². The van der Waals surface area contributed by atoms with Gasteiger partial charge in [0, 0.05) is 35.8 Å². The van der Waals surface area contributed by atoms with Gasteiger partial charge in [0.05, 0.1) is 5.92 Å². The van der Waals surface area contributed by atoms with Gasteiger partial charge in [0.15, 0.2) is 0 Å². The van der Waals surface area contributed by atoms with E-state index in [-0.39, 0.29) is 30.7 Å². The maximum absolute atomic E-state index is 12.6. The summed E-state index contributed by atoms with van der Waals surface area (Å²) in [6, 6.07) is 13.6. The van der Waals surface area contributed by atoms with Crippen LogP contribution in [0.2, 0.25) is 5.02 Å². The third-order valence-electron chi connectivity index (χ3n) is 4.94. The topological polar surface area (TPSA) is 91.2 Å². The van der Waals surface area contributed by atoms with Gasteiger partial charge in [0.2, 0.25) is 11.8 Å². The predicted octanol–water partition coefficient (Wildman–Crippen LogP) is 3.16. The largest absolute Gasteiger partial charge is 0.353 e. The summed E-state index contributed by atoms with van der Waals surface area (Å²) >= 11 is 5.89. The predicted molar refractivity (Wildman–Crippen MR) is 103 cm³/mol. The Labute approximate surface area is 166 Å². The molecular formula is C20H17ClN4O3. The smallest absolute Gasteiger partial charge is 0.295 e. The summed E-state index contributed by atoms with van der Waals surface area (Å²) in [5.41, 5.74) is 1.97. The number of hydrogen-bond acceptors (Lipinski definition) is 4. The molecule has 0 bridgehead atoms. The van der Waals surface area contributed by atoms with Crippen LogP contribution in [0.3, 0.4) is 0 Å². The van der Waals surface area contributed by atoms with E-state index in [1.165, 1.54) is 0 Å². The van der Waals surface area contributed by atoms with E-state index in [2.05, 4.69) is 15.5 Å². The van der Waals surface area contributed by atoms with Crippen LogP contribution in [-0.2, 0) is 9.59 Å². The fourth-order valence-corrected chi connectivity index (χ4v) is 3.59. The van der Waals surface area contributed by atoms with Gasteiger partial charge in [-0.1, -0.05) is 29.8 Å². The van der Waals surface area contributed by atoms with Crippen LogP contribution in [0.4, 0.5) is 5.69 Å². The zero-order valence-electron chi connectivity index (χ0n) is 14.8. The number of fused-ring (bicyclic) bond motifs is 1. The molecule has 4 rings (SSSR count). The van der Waals surface area contributed by atoms with Crippen molar-refractivity contribution in [3.63, 3.8) is 0 Å². The van der Waals surface area contributed by atoms with E-state index < -0.39 is 12.0 Å². The van der Waals surface area contributed by atoms with Crippen LogP contribution in [0.1, 0.15) is 28.4 Å². The third kappa shape index (κ3) is 3.53. The molecule has 142 valence electrons. The Hall–Kier alpha value is -3.06. The monoisotopic (exact) mass is 396 g/mol. The Bertz CT molecular complexity index is 974. The lowest BCUT2D eigenvalue weighted by molar-refractivity contribution is -0.126. The highest BCUT2D eigenvalue weighted by Crippen LogP contribution is 2.28. The summed E-state index contributed by atoms with van der Waals surface area (Å²) in [5.74, 6) is -1.14. The van der Waals surface area contributed by atoms with Crippen LogP contribution in [0, 0.1) is 5.92 Å². The summed E-state index contributed by atoms with van der Waals surface area (Å²) in [5, 5.41) is 11.1. The number of halogens is 1. The third-order valence-corrected chi connectivity index (χ3v) is 5.19. The minimum Gasteiger partial charge on any atom is -0.353 e. The first-order chi connectivity index (χ1) is 13.5. The first kappa shape index (κ1) is 18.3. The highest BCUT2D eigenvalue weighted by atomic mass is 35.5. The number of carbonyl (C=O) groups is 3. The molecule has 2 aliphatic rings. The number of azo groups is 1. The van der Waals surface area contributed by atoms with Crippen molar-refractivity contribution < 1.29 is 14.4 Å². The zero-order valence-corrected chi connectivity index (χ0v) is 15.6. The van der Waals surface area contributed by atoms with E-state index in [4.69, 9.17) is 11.6 Å². The van der Waals surface area contributed by atoms with E-state index >= 15 is 0 Å². The van der Waals surface area contributed by atoms with Crippen molar-refractivity contribution in [2.45, 2.75) is 12.5 Å². The van der Waals surface area contributed by atoms with Crippen LogP contribution >= 0.6 is 11.6 Å². The molecule has 3 amide bonds. The summed E-state index contributed by atoms with van der Waals surface area (Å²) in [6.45, 7) is 0.534. The summed E-state index contributed by atoms with van der Waals surface area (Å²) in [6.07, 6.45) is 0.149. The lowest BCUT2D eigenvalue weighted by atomic mass is 9.99. The summed E-state index contributed by atoms with van der Waals surface area (Å²) in [4.78, 5) is 38.3. The van der Waals surface area contributed by atoms with Gasteiger partial charge in [0.25, 0.3) is 5.91 Å². The maximum atomic E-state index is 12.6. The molecule has 0 saturated carbocycles. The molecule has 2 atom stereocenters. The number of carbonyl (C=O) groups excluding carboxylic acids is 3. The van der Waals surface area contributed by atoms with Crippen LogP contribution in [0.15, 0.2) is 58.8 Å². The van der Waals surface area contributed by atoms with E-state index in [0.717, 1.165) is 11.3 Å². The minimum absolute atomic E-state index is 0.101. The second-order valence-corrected chi connectivity index (χ2v) is 7.19. The van der Waals surface area contributed by atoms with Crippen molar-refractivity contribution in [2.75, 3.05) is 18.0 Å². The zero-order chi connectivity index (χ0) is 19.7. The van der Waals surface area contributed by atoms with Gasteiger partial charge < -0.3 is 10.2 Å². The first-order valence-corrected chi connectivity index (χ1v) is 9.28. The fourth-order valence-electron chi connectivity index (χ4n) is 3.47. The van der Waals surface area contributed by atoms with Gasteiger partial charge in [-0.3, -0.25) is 14.4 Å². The second kappa shape index (κ2) is 7.52. The van der Waals surface area contributed by atoms with Crippen molar-refractivity contribution in [3.05, 3.63) is 64.7 Å². The first-order valence-electron chi connectivity index (χ1n) is 8.90. The molecule has 7 nitrogen and oxygen atoms in total. The number of hydrogen-bond donors (Lipinski definition) is 1. The molecule has 0 spiro atoms. The van der Waals surface area contributed by atoms with E-state index in [0.29, 0.717) is 17.1 Å². The van der Waals surface area contributed by atoms with Gasteiger partial charge in [-0.15, -0.1) is 5.11 Å². The van der Waals surface area contributed by atoms with Gasteiger partial charge in [-0.25, -0.2) is 0 Å². The molecule has 8 heteroatoms. The molecular weight excluding hydrogens is 380 g/mol. The van der Waals surface area contributed by atoms with Crippen LogP contribution < -0.4 is 10.2 Å². The van der Waals surface area contributed by atoms with Crippen molar-refractivity contribution in [1.82, 2.24) is 5.32 Å². The maximum Gasteiger partial charge on any atom is 0.295 e. The van der Waals surface area contributed by atoms with Crippen LogP contribution in [0.25, 0.3) is 0 Å². The van der Waals surface area contributed by atoms with Gasteiger partial charge in [-0.05, 0) is 35.9 Å². The average molecular weight is 397 g/mol. The molecule has 2 aliphatic heterocycles. The number of amides is 3. The minimum atomic E-state index is -0.444. The Morgan fingerprint density at radius 2 is 1.89 bits per heavy atom. The molecule has 2 unspecified atom stereocenters. The van der Waals surface area contributed by atoms with Gasteiger partial charge >= 0.3 is 0 Å². The van der Waals surface area contributed by atoms with Crippen molar-refractivity contribution in [1.29, 1.82) is 0 Å². The van der Waals surface area contributed by atoms with Crippen molar-refractivity contribution >= 4 is 35.0 Å². The lowest BCUT2D eigenvalue weighted by Crippen LogP contribution is -2.35. The van der Waals surface area contributed by atoms with Crippen LogP contribution in [-0.4, -0.2) is 30.8 Å². The number of nitrogens with one attached hydrogen (secondary N) is 1. The van der Waals surface area contributed by atoms with Crippen LogP contribution in [0.5, 0.6) is 0 Å². The molecule has 0 radical (unpaired) electrons. The van der Waals surface area contributed by atoms with Gasteiger partial charge in [0.1, 0.15) is 6.04 Å². The Morgan fingerprint density at radius 3 is 2.68 bits per heavy atom. The number of benzene rings is 2. The molecule has 1 N–H and O–H groups in total. The average Bonchev–Trinajstić information content (AvgIpc) is 3.10. The molecule has 2 aromatic carbocycles. The molecule has 1 fully saturated rings. The van der Waals surface area contributed by atoms with E-state index in [1.54, 1.807) is 41.3 Å². The normalized spacial score (nSPS) is 21.0. The van der Waals surface area contributed by atoms with E-state index in [9.17, 15) is 14.4 Å². The second-order valence-electron chi connectivity index (χ2n) is 6.75. The number of nitrogens with zero attached hydrogens (tertiary/aromatic N) is 3. The van der Waals surface area contributed by atoms with Crippen molar-refractivity contribution in [2.24, 2.45) is 16.1 Å². The number of anilines is 1. The standard InChI is InChI=1S/C20H17ClN4O3/c21-13-5-7-14(8-6-13)25-11-12(9-18(25)26)19(27)22-10-17-15-3-1-2-4-16(15)20(28)24-23-17/h1-8,12,17H,9-11H2,(H,22,27). The Kier molecular flexibility index (Phi) is 4.92. The molecule has 1 saturated heterocycles. The SMILES string of the molecule is O=C1N=NC(CNC(=O)C2CC(=O)N(c3ccc(Cl)cc3)C2)c2ccccc21. The number of rotatable bonds is 4. The molecule has 2 aromatic rings. The van der Waals surface area contributed by atoms with Gasteiger partial charge in [-0.2, -0.15) is 5.11 Å². The Morgan fingerprint density at radius 1 is 1.14 bits per heavy atom.